The average molecular weight is 338 g/mol. The molecule has 24 heavy (non-hydrogen) atoms. The molecule has 4 aromatic heterocycles. The SMILES string of the molecule is C1=C(c2cnc3[nH]ccc3c2)SCCN1c1ncnc2[nH]ccc12.[HH].[HH]. The number of fused-ring (bicyclic) bond motifs is 2. The van der Waals surface area contributed by atoms with Crippen LogP contribution in [0.3, 0.4) is 0 Å². The molecule has 4 aromatic rings. The molecule has 5 rings (SSSR count). The van der Waals surface area contributed by atoms with Crippen LogP contribution < -0.4 is 4.90 Å². The molecule has 0 spiro atoms. The Morgan fingerprint density at radius 2 is 2.00 bits per heavy atom. The average Bonchev–Trinajstić information content (AvgIpc) is 3.29. The minimum Gasteiger partial charge on any atom is -0.346 e. The Kier molecular flexibility index (Phi) is 3.05. The summed E-state index contributed by atoms with van der Waals surface area (Å²) in [5, 5.41) is 2.17. The van der Waals surface area contributed by atoms with Gasteiger partial charge < -0.3 is 14.9 Å². The summed E-state index contributed by atoms with van der Waals surface area (Å²) in [5.74, 6) is 1.95. The van der Waals surface area contributed by atoms with Gasteiger partial charge in [0.1, 0.15) is 23.4 Å². The highest BCUT2D eigenvalue weighted by atomic mass is 32.2. The molecule has 5 heterocycles. The van der Waals surface area contributed by atoms with E-state index in [9.17, 15) is 0 Å². The molecule has 0 fully saturated rings. The van der Waals surface area contributed by atoms with Gasteiger partial charge in [-0.25, -0.2) is 15.0 Å². The van der Waals surface area contributed by atoms with Gasteiger partial charge in [-0.2, -0.15) is 0 Å². The second-order valence-electron chi connectivity index (χ2n) is 5.61. The Hall–Kier alpha value is -2.80. The van der Waals surface area contributed by atoms with E-state index < -0.39 is 0 Å². The Morgan fingerprint density at radius 3 is 3.00 bits per heavy atom. The third-order valence-electron chi connectivity index (χ3n) is 4.15. The summed E-state index contributed by atoms with van der Waals surface area (Å²) in [6.07, 6.45) is 9.51. The van der Waals surface area contributed by atoms with E-state index in [2.05, 4.69) is 42.1 Å². The summed E-state index contributed by atoms with van der Waals surface area (Å²) in [4.78, 5) is 22.9. The molecule has 1 aliphatic rings. The lowest BCUT2D eigenvalue weighted by Gasteiger charge is -2.26. The molecule has 6 nitrogen and oxygen atoms in total. The van der Waals surface area contributed by atoms with Crippen molar-refractivity contribution >= 4 is 44.6 Å². The largest absolute Gasteiger partial charge is 0.346 e. The van der Waals surface area contributed by atoms with Gasteiger partial charge in [0.15, 0.2) is 0 Å². The molecule has 0 unspecified atom stereocenters. The van der Waals surface area contributed by atoms with E-state index >= 15 is 0 Å². The van der Waals surface area contributed by atoms with Crippen molar-refractivity contribution in [3.8, 4) is 0 Å². The van der Waals surface area contributed by atoms with Gasteiger partial charge in [-0.1, -0.05) is 0 Å². The van der Waals surface area contributed by atoms with Gasteiger partial charge in [-0.3, -0.25) is 0 Å². The monoisotopic (exact) mass is 338 g/mol. The molecule has 0 saturated heterocycles. The number of hydrogen-bond donors (Lipinski definition) is 2. The number of aromatic nitrogens is 5. The number of H-pyrrole nitrogens is 2. The predicted molar refractivity (Wildman–Crippen MR) is 102 cm³/mol. The Balaban J connectivity index is 0.000000980. The zero-order valence-corrected chi connectivity index (χ0v) is 13.5. The number of pyridine rings is 1. The number of rotatable bonds is 2. The maximum atomic E-state index is 4.50. The van der Waals surface area contributed by atoms with Crippen molar-refractivity contribution in [1.29, 1.82) is 0 Å². The zero-order valence-electron chi connectivity index (χ0n) is 12.7. The summed E-state index contributed by atoms with van der Waals surface area (Å²) in [5.41, 5.74) is 2.92. The van der Waals surface area contributed by atoms with Crippen molar-refractivity contribution in [3.05, 3.63) is 54.9 Å². The van der Waals surface area contributed by atoms with Gasteiger partial charge in [-0.15, -0.1) is 11.8 Å². The van der Waals surface area contributed by atoms with Crippen LogP contribution in [0.15, 0.2) is 49.3 Å². The van der Waals surface area contributed by atoms with Crippen LogP contribution in [-0.2, 0) is 0 Å². The minimum absolute atomic E-state index is 0. The van der Waals surface area contributed by atoms with Crippen molar-refractivity contribution in [2.75, 3.05) is 17.2 Å². The van der Waals surface area contributed by atoms with Crippen LogP contribution in [0.5, 0.6) is 0 Å². The van der Waals surface area contributed by atoms with Crippen molar-refractivity contribution in [1.82, 2.24) is 24.9 Å². The maximum absolute atomic E-state index is 4.50. The molecule has 0 aliphatic carbocycles. The number of thioether (sulfide) groups is 1. The summed E-state index contributed by atoms with van der Waals surface area (Å²) < 4.78 is 0. The molecule has 2 N–H and O–H groups in total. The van der Waals surface area contributed by atoms with Gasteiger partial charge in [0, 0.05) is 55.8 Å². The van der Waals surface area contributed by atoms with E-state index in [4.69, 9.17) is 0 Å². The first-order chi connectivity index (χ1) is 11.9. The van der Waals surface area contributed by atoms with Crippen LogP contribution in [0, 0.1) is 0 Å². The second-order valence-corrected chi connectivity index (χ2v) is 6.75. The van der Waals surface area contributed by atoms with E-state index in [1.807, 2.05) is 42.5 Å². The topological polar surface area (TPSA) is 73.5 Å². The number of anilines is 1. The van der Waals surface area contributed by atoms with Crippen LogP contribution in [0.25, 0.3) is 27.0 Å². The van der Waals surface area contributed by atoms with Crippen LogP contribution in [0.1, 0.15) is 8.42 Å². The Bertz CT molecular complexity index is 1070. The quantitative estimate of drug-likeness (QED) is 0.580. The highest BCUT2D eigenvalue weighted by Crippen LogP contribution is 2.34. The van der Waals surface area contributed by atoms with Crippen molar-refractivity contribution in [2.45, 2.75) is 0 Å². The molecule has 0 atom stereocenters. The molecule has 0 radical (unpaired) electrons. The number of nitrogens with one attached hydrogen (secondary N) is 2. The van der Waals surface area contributed by atoms with E-state index in [0.29, 0.717) is 0 Å². The smallest absolute Gasteiger partial charge is 0.145 e. The fourth-order valence-electron chi connectivity index (χ4n) is 2.98. The third kappa shape index (κ3) is 2.16. The van der Waals surface area contributed by atoms with E-state index in [0.717, 1.165) is 45.7 Å². The van der Waals surface area contributed by atoms with Crippen molar-refractivity contribution in [3.63, 3.8) is 0 Å². The normalized spacial score (nSPS) is 15.2. The first-order valence-electron chi connectivity index (χ1n) is 7.71. The summed E-state index contributed by atoms with van der Waals surface area (Å²) in [7, 11) is 0. The van der Waals surface area contributed by atoms with Crippen LogP contribution in [0.2, 0.25) is 0 Å². The minimum atomic E-state index is 0. The summed E-state index contributed by atoms with van der Waals surface area (Å²) in [6.45, 7) is 0.922. The molecule has 0 bridgehead atoms. The highest BCUT2D eigenvalue weighted by Gasteiger charge is 2.18. The molecule has 7 heteroatoms. The first-order valence-corrected chi connectivity index (χ1v) is 8.70. The lowest BCUT2D eigenvalue weighted by molar-refractivity contribution is 0.988. The summed E-state index contributed by atoms with van der Waals surface area (Å²) >= 11 is 1.85. The van der Waals surface area contributed by atoms with E-state index in [1.165, 1.54) is 4.91 Å². The second kappa shape index (κ2) is 5.38. The first kappa shape index (κ1) is 13.6. The molecule has 0 saturated carbocycles. The lowest BCUT2D eigenvalue weighted by atomic mass is 10.2. The van der Waals surface area contributed by atoms with Gasteiger partial charge in [0.05, 0.1) is 5.39 Å². The number of nitrogens with zero attached hydrogens (tertiary/aromatic N) is 4. The maximum Gasteiger partial charge on any atom is 0.145 e. The van der Waals surface area contributed by atoms with Gasteiger partial charge >= 0.3 is 0 Å². The van der Waals surface area contributed by atoms with E-state index in [1.54, 1.807) is 6.33 Å². The Labute approximate surface area is 145 Å². The molecule has 0 aromatic carbocycles. The predicted octanol–water partition coefficient (Wildman–Crippen LogP) is 3.88. The zero-order chi connectivity index (χ0) is 15.9. The van der Waals surface area contributed by atoms with Crippen LogP contribution in [-0.4, -0.2) is 37.2 Å². The molecular weight excluding hydrogens is 320 g/mol. The molecule has 1 aliphatic heterocycles. The molecule has 122 valence electrons. The fourth-order valence-corrected chi connectivity index (χ4v) is 3.97. The molecular formula is C17H18N6S. The third-order valence-corrected chi connectivity index (χ3v) is 5.19. The number of aromatic amines is 2. The standard InChI is InChI=1S/C17H14N6S.2H2/c1-3-18-15-11(1)7-12(8-20-15)14-9-23(5-6-24-14)17-13-2-4-19-16(13)21-10-22-17;;/h1-4,7-10H,5-6H2,(H,18,20)(H,19,21,22);2*1H. The van der Waals surface area contributed by atoms with E-state index in [-0.39, 0.29) is 2.85 Å². The highest BCUT2D eigenvalue weighted by molar-refractivity contribution is 8.08. The Morgan fingerprint density at radius 1 is 1.08 bits per heavy atom. The summed E-state index contributed by atoms with van der Waals surface area (Å²) in [6, 6.07) is 6.24. The van der Waals surface area contributed by atoms with Crippen LogP contribution >= 0.6 is 11.8 Å². The van der Waals surface area contributed by atoms with Gasteiger partial charge in [0.2, 0.25) is 0 Å². The van der Waals surface area contributed by atoms with Gasteiger partial charge in [-0.05, 0) is 18.2 Å². The van der Waals surface area contributed by atoms with Crippen LogP contribution in [0.4, 0.5) is 5.82 Å². The lowest BCUT2D eigenvalue weighted by Crippen LogP contribution is -2.24. The molecule has 0 amide bonds. The number of hydrogen-bond acceptors (Lipinski definition) is 5. The van der Waals surface area contributed by atoms with Gasteiger partial charge in [0.25, 0.3) is 0 Å². The van der Waals surface area contributed by atoms with Crippen molar-refractivity contribution in [2.24, 2.45) is 0 Å². The van der Waals surface area contributed by atoms with Crippen molar-refractivity contribution < 1.29 is 2.85 Å². The fraction of sp³-hybridized carbons (Fsp3) is 0.118.